The van der Waals surface area contributed by atoms with Gasteiger partial charge in [-0.3, -0.25) is 44.0 Å². The molecule has 0 spiro atoms. The van der Waals surface area contributed by atoms with Crippen LogP contribution >= 0.6 is 0 Å². The number of imide groups is 2. The molecule has 6 aliphatic heterocycles. The lowest BCUT2D eigenvalue weighted by Gasteiger charge is -2.40. The molecule has 2 aromatic carbocycles. The van der Waals surface area contributed by atoms with E-state index in [-0.39, 0.29) is 24.3 Å². The van der Waals surface area contributed by atoms with E-state index in [1.165, 1.54) is 0 Å². The van der Waals surface area contributed by atoms with E-state index in [4.69, 9.17) is 9.97 Å². The van der Waals surface area contributed by atoms with Gasteiger partial charge in [0.1, 0.15) is 17.0 Å². The standard InChI is InChI=1S/C49H54N12O6/c1-49(67)19-3-2-4-20-59-45(64)38-29-50-48(54-43(38)61(59)41-7-5-6-40(49)52-41)51-31-8-10-32(11-9-31)56-24-26-57(27-25-56)35-18-23-58(30-35)33-16-21-55(22-17-33)34-12-13-36-37(28-34)47(66)60(46(36)65)39-14-15-42(62)53-44(39)63/h2,4-13,28-29,33,35,39,67H,3,14-27,30H2,1H3,(H,50,51,54)(H,53,62,63)/b4-2-/t35?,39?,49-/m1/s1. The number of rotatable bonds is 7. The van der Waals surface area contributed by atoms with Crippen LogP contribution in [0.2, 0.25) is 0 Å². The molecule has 0 aliphatic carbocycles. The van der Waals surface area contributed by atoms with E-state index < -0.39 is 29.4 Å². The Morgan fingerprint density at radius 2 is 1.51 bits per heavy atom. The topological polar surface area (TPSA) is 194 Å². The Bertz CT molecular complexity index is 2880. The van der Waals surface area contributed by atoms with Crippen molar-refractivity contribution < 1.29 is 24.3 Å². The minimum absolute atomic E-state index is 0.0943. The lowest BCUT2D eigenvalue weighted by atomic mass is 9.95. The second-order valence-corrected chi connectivity index (χ2v) is 18.8. The van der Waals surface area contributed by atoms with Crippen LogP contribution in [0.4, 0.5) is 23.0 Å². The number of carbonyl (C=O) groups excluding carboxylic acids is 4. The third-order valence-electron chi connectivity index (χ3n) is 14.7. The molecule has 6 aliphatic rings. The van der Waals surface area contributed by atoms with Gasteiger partial charge in [0.25, 0.3) is 17.4 Å². The smallest absolute Gasteiger partial charge is 0.278 e. The van der Waals surface area contributed by atoms with Gasteiger partial charge in [-0.15, -0.1) is 0 Å². The van der Waals surface area contributed by atoms with E-state index in [0.29, 0.717) is 71.1 Å². The van der Waals surface area contributed by atoms with E-state index in [2.05, 4.69) is 47.3 Å². The number of carbonyl (C=O) groups is 4. The molecule has 3 atom stereocenters. The molecule has 4 saturated heterocycles. The van der Waals surface area contributed by atoms with Gasteiger partial charge < -0.3 is 20.2 Å². The van der Waals surface area contributed by atoms with Crippen LogP contribution in [0.1, 0.15) is 78.3 Å². The zero-order chi connectivity index (χ0) is 46.0. The molecule has 18 heteroatoms. The minimum Gasteiger partial charge on any atom is -0.384 e. The van der Waals surface area contributed by atoms with E-state index >= 15 is 0 Å². The first-order chi connectivity index (χ1) is 32.5. The Labute approximate surface area is 386 Å². The van der Waals surface area contributed by atoms with Gasteiger partial charge in [-0.1, -0.05) is 18.2 Å². The van der Waals surface area contributed by atoms with Crippen LogP contribution in [-0.2, 0) is 21.7 Å². The molecule has 4 fully saturated rings. The Hall–Kier alpha value is -6.76. The lowest BCUT2D eigenvalue weighted by molar-refractivity contribution is -0.136. The van der Waals surface area contributed by atoms with Gasteiger partial charge in [-0.05, 0) is 100 Å². The van der Waals surface area contributed by atoms with Crippen molar-refractivity contribution >= 4 is 57.7 Å². The maximum absolute atomic E-state index is 13.6. The Balaban J connectivity index is 0.678. The minimum atomic E-state index is -1.13. The van der Waals surface area contributed by atoms with Crippen LogP contribution in [0, 0.1) is 0 Å². The molecule has 346 valence electrons. The van der Waals surface area contributed by atoms with Crippen molar-refractivity contribution in [3.63, 3.8) is 0 Å². The van der Waals surface area contributed by atoms with Gasteiger partial charge in [0.15, 0.2) is 11.5 Å². The number of aliphatic hydroxyl groups is 1. The molecule has 3 N–H and O–H groups in total. The number of anilines is 4. The summed E-state index contributed by atoms with van der Waals surface area (Å²) in [4.78, 5) is 89.6. The van der Waals surface area contributed by atoms with Crippen LogP contribution in [-0.4, -0.2) is 138 Å². The predicted octanol–water partition coefficient (Wildman–Crippen LogP) is 3.54. The molecule has 0 radical (unpaired) electrons. The Morgan fingerprint density at radius 3 is 2.30 bits per heavy atom. The highest BCUT2D eigenvalue weighted by molar-refractivity contribution is 6.23. The normalized spacial score (nSPS) is 24.7. The summed E-state index contributed by atoms with van der Waals surface area (Å²) >= 11 is 0. The molecular weight excluding hydrogens is 853 g/mol. The van der Waals surface area contributed by atoms with Crippen LogP contribution in [0.15, 0.2) is 83.8 Å². The number of likely N-dealkylation sites (tertiary alicyclic amines) is 1. The number of piperidine rings is 2. The zero-order valence-electron chi connectivity index (χ0n) is 37.5. The number of allylic oxidation sites excluding steroid dienone is 2. The number of hydrogen-bond acceptors (Lipinski definition) is 14. The fourth-order valence-electron chi connectivity index (χ4n) is 10.9. The number of aromatic nitrogens is 5. The molecule has 0 saturated carbocycles. The van der Waals surface area contributed by atoms with Crippen LogP contribution < -0.4 is 26.0 Å². The first-order valence-electron chi connectivity index (χ1n) is 23.5. The summed E-state index contributed by atoms with van der Waals surface area (Å²) in [6, 6.07) is 19.2. The highest BCUT2D eigenvalue weighted by atomic mass is 16.3. The first kappa shape index (κ1) is 42.8. The summed E-state index contributed by atoms with van der Waals surface area (Å²) in [6.07, 6.45) is 10.1. The molecule has 2 bridgehead atoms. The summed E-state index contributed by atoms with van der Waals surface area (Å²) in [5.74, 6) is -1.09. The number of fused-ring (bicyclic) bond motifs is 7. The summed E-state index contributed by atoms with van der Waals surface area (Å²) in [6.45, 7) is 9.82. The van der Waals surface area contributed by atoms with Crippen LogP contribution in [0.3, 0.4) is 0 Å². The molecule has 5 aromatic rings. The van der Waals surface area contributed by atoms with E-state index in [0.717, 1.165) is 93.6 Å². The molecule has 3 aromatic heterocycles. The third kappa shape index (κ3) is 7.95. The lowest BCUT2D eigenvalue weighted by Crippen LogP contribution is -2.54. The summed E-state index contributed by atoms with van der Waals surface area (Å²) < 4.78 is 3.32. The second kappa shape index (κ2) is 17.2. The average Bonchev–Trinajstić information content (AvgIpc) is 4.01. The van der Waals surface area contributed by atoms with Gasteiger partial charge >= 0.3 is 0 Å². The Kier molecular flexibility index (Phi) is 11.0. The fraction of sp³-hybridized carbons (Fsp3) is 0.429. The van der Waals surface area contributed by atoms with Crippen molar-refractivity contribution in [2.75, 3.05) is 67.5 Å². The van der Waals surface area contributed by atoms with E-state index in [9.17, 15) is 29.1 Å². The molecule has 2 unspecified atom stereocenters. The second-order valence-electron chi connectivity index (χ2n) is 18.8. The molecular formula is C49H54N12O6. The maximum atomic E-state index is 13.6. The van der Waals surface area contributed by atoms with E-state index in [1.807, 2.05) is 48.6 Å². The molecule has 67 heavy (non-hydrogen) atoms. The van der Waals surface area contributed by atoms with Crippen molar-refractivity contribution in [2.24, 2.45) is 0 Å². The fourth-order valence-corrected chi connectivity index (χ4v) is 10.9. The number of benzene rings is 2. The average molecular weight is 907 g/mol. The number of amides is 4. The molecule has 4 amide bonds. The summed E-state index contributed by atoms with van der Waals surface area (Å²) in [7, 11) is 0. The van der Waals surface area contributed by atoms with Crippen molar-refractivity contribution in [1.82, 2.24) is 44.3 Å². The highest BCUT2D eigenvalue weighted by Gasteiger charge is 2.45. The van der Waals surface area contributed by atoms with Crippen molar-refractivity contribution in [1.29, 1.82) is 0 Å². The summed E-state index contributed by atoms with van der Waals surface area (Å²) in [5, 5.41) is 17.2. The van der Waals surface area contributed by atoms with Crippen molar-refractivity contribution in [3.05, 3.63) is 106 Å². The van der Waals surface area contributed by atoms with Gasteiger partial charge in [0, 0.05) is 94.1 Å². The predicted molar refractivity (Wildman–Crippen MR) is 251 cm³/mol. The molecule has 18 nitrogen and oxygen atoms in total. The quantitative estimate of drug-likeness (QED) is 0.159. The monoisotopic (exact) mass is 906 g/mol. The number of pyridine rings is 1. The number of nitrogens with one attached hydrogen (secondary N) is 2. The van der Waals surface area contributed by atoms with Gasteiger partial charge in [-0.25, -0.2) is 19.3 Å². The van der Waals surface area contributed by atoms with E-state index in [1.54, 1.807) is 34.6 Å². The number of piperazine rings is 1. The van der Waals surface area contributed by atoms with Gasteiger partial charge in [-0.2, -0.15) is 4.98 Å². The van der Waals surface area contributed by atoms with Crippen LogP contribution in [0.5, 0.6) is 0 Å². The van der Waals surface area contributed by atoms with Gasteiger partial charge in [0.2, 0.25) is 17.8 Å². The largest absolute Gasteiger partial charge is 0.384 e. The van der Waals surface area contributed by atoms with Crippen molar-refractivity contribution in [2.45, 2.75) is 82.1 Å². The summed E-state index contributed by atoms with van der Waals surface area (Å²) in [5.41, 5.74) is 3.14. The third-order valence-corrected chi connectivity index (χ3v) is 14.7. The maximum Gasteiger partial charge on any atom is 0.278 e. The molecule has 11 rings (SSSR count). The van der Waals surface area contributed by atoms with Gasteiger partial charge in [0.05, 0.1) is 23.4 Å². The number of nitrogens with zero attached hydrogens (tertiary/aromatic N) is 10. The zero-order valence-corrected chi connectivity index (χ0v) is 37.5. The van der Waals surface area contributed by atoms with Crippen molar-refractivity contribution in [3.8, 4) is 5.82 Å². The number of hydrogen-bond donors (Lipinski definition) is 3. The Morgan fingerprint density at radius 1 is 0.761 bits per heavy atom. The SMILES string of the molecule is C[C@@]1(O)CC/C=C\Cn2c(=O)c3cnc(Nc4ccc(N5CCN(C6CCN(C7CCN(c8ccc9c(c8)C(=O)N(C8CCC(=O)NC8=O)C9=O)CC7)C6)CC5)cc4)nc3n2-c2cccc1n2. The van der Waals surface area contributed by atoms with Crippen LogP contribution in [0.25, 0.3) is 16.9 Å². The first-order valence-corrected chi connectivity index (χ1v) is 23.5. The molecule has 9 heterocycles. The highest BCUT2D eigenvalue weighted by Crippen LogP contribution is 2.34.